The summed E-state index contributed by atoms with van der Waals surface area (Å²) >= 11 is 0. The first-order chi connectivity index (χ1) is 9.50. The maximum atomic E-state index is 13.0. The zero-order chi connectivity index (χ0) is 16.3. The Morgan fingerprint density at radius 1 is 1.10 bits per heavy atom. The van der Waals surface area contributed by atoms with Gasteiger partial charge in [0.05, 0.1) is 0 Å². The Balaban J connectivity index is 2.59. The largest absolute Gasteiger partial charge is 0.460 e. The van der Waals surface area contributed by atoms with Gasteiger partial charge in [0, 0.05) is 6.54 Å². The van der Waals surface area contributed by atoms with Crippen LogP contribution in [0.2, 0.25) is 0 Å². The molecule has 0 unspecified atom stereocenters. The first-order valence-electron chi connectivity index (χ1n) is 6.28. The molecule has 21 heavy (non-hydrogen) atoms. The van der Waals surface area contributed by atoms with Crippen LogP contribution in [0.15, 0.2) is 11.6 Å². The first-order valence-corrected chi connectivity index (χ1v) is 6.28. The van der Waals surface area contributed by atoms with Crippen molar-refractivity contribution in [3.63, 3.8) is 0 Å². The van der Waals surface area contributed by atoms with Crippen LogP contribution < -0.4 is 5.32 Å². The van der Waals surface area contributed by atoms with Crippen molar-refractivity contribution in [1.29, 1.82) is 0 Å². The lowest BCUT2D eigenvalue weighted by Crippen LogP contribution is -2.59. The van der Waals surface area contributed by atoms with Gasteiger partial charge in [-0.15, -0.1) is 0 Å². The number of carbonyl (C=O) groups is 1. The molecule has 0 aliphatic heterocycles. The lowest BCUT2D eigenvalue weighted by Gasteiger charge is -2.27. The van der Waals surface area contributed by atoms with Gasteiger partial charge in [-0.25, -0.2) is 0 Å². The summed E-state index contributed by atoms with van der Waals surface area (Å²) in [6, 6.07) is 0. The first kappa shape index (κ1) is 17.8. The molecule has 0 atom stereocenters. The normalized spacial score (nSPS) is 17.4. The third-order valence-electron chi connectivity index (χ3n) is 3.15. The Morgan fingerprint density at radius 2 is 1.71 bits per heavy atom. The van der Waals surface area contributed by atoms with Crippen LogP contribution in [0.5, 0.6) is 0 Å². The van der Waals surface area contributed by atoms with Gasteiger partial charge in [-0.2, -0.15) is 30.7 Å². The number of nitrogens with one attached hydrogen (secondary N) is 1. The monoisotopic (exact) mass is 321 g/mol. The number of hydrogen-bond donors (Lipinski definition) is 1. The predicted octanol–water partition coefficient (Wildman–Crippen LogP) is 3.83. The molecule has 1 amide bonds. The maximum Gasteiger partial charge on any atom is 0.460 e. The minimum absolute atomic E-state index is 0.152. The predicted molar refractivity (Wildman–Crippen MR) is 60.1 cm³/mol. The molecule has 122 valence electrons. The Morgan fingerprint density at radius 3 is 2.19 bits per heavy atom. The van der Waals surface area contributed by atoms with Gasteiger partial charge in [-0.3, -0.25) is 4.79 Å². The molecular formula is C12H14F7NO. The van der Waals surface area contributed by atoms with Gasteiger partial charge in [0.25, 0.3) is 5.91 Å². The molecule has 0 aromatic carbocycles. The maximum absolute atomic E-state index is 13.0. The van der Waals surface area contributed by atoms with E-state index in [2.05, 4.69) is 0 Å². The Hall–Kier alpha value is -1.28. The molecule has 1 rings (SSSR count). The van der Waals surface area contributed by atoms with E-state index < -0.39 is 30.5 Å². The van der Waals surface area contributed by atoms with Crippen LogP contribution in [0.4, 0.5) is 30.7 Å². The van der Waals surface area contributed by atoms with Crippen molar-refractivity contribution in [3.05, 3.63) is 11.6 Å². The van der Waals surface area contributed by atoms with Gasteiger partial charge in [-0.05, 0) is 32.1 Å². The van der Waals surface area contributed by atoms with E-state index in [0.717, 1.165) is 24.8 Å². The smallest absolute Gasteiger partial charge is 0.350 e. The van der Waals surface area contributed by atoms with E-state index in [9.17, 15) is 35.5 Å². The summed E-state index contributed by atoms with van der Waals surface area (Å²) in [7, 11) is 0. The van der Waals surface area contributed by atoms with Gasteiger partial charge in [-0.1, -0.05) is 11.6 Å². The van der Waals surface area contributed by atoms with E-state index in [4.69, 9.17) is 0 Å². The van der Waals surface area contributed by atoms with Crippen LogP contribution in [-0.2, 0) is 4.79 Å². The van der Waals surface area contributed by atoms with Gasteiger partial charge < -0.3 is 5.32 Å². The van der Waals surface area contributed by atoms with Gasteiger partial charge in [0.15, 0.2) is 0 Å². The molecule has 0 saturated carbocycles. The second-order valence-electron chi connectivity index (χ2n) is 4.76. The molecule has 0 radical (unpaired) electrons. The van der Waals surface area contributed by atoms with Gasteiger partial charge in [0.2, 0.25) is 0 Å². The zero-order valence-electron chi connectivity index (χ0n) is 10.9. The number of hydrogen-bond acceptors (Lipinski definition) is 1. The summed E-state index contributed by atoms with van der Waals surface area (Å²) in [6.45, 7) is -0.409. The lowest BCUT2D eigenvalue weighted by molar-refractivity contribution is -0.344. The summed E-state index contributed by atoms with van der Waals surface area (Å²) in [6.07, 6.45) is -1.14. The highest BCUT2D eigenvalue weighted by atomic mass is 19.4. The molecule has 0 saturated heterocycles. The molecule has 2 nitrogen and oxygen atoms in total. The highest BCUT2D eigenvalue weighted by Gasteiger charge is 2.76. The molecule has 0 heterocycles. The average molecular weight is 321 g/mol. The molecule has 1 aliphatic rings. The van der Waals surface area contributed by atoms with E-state index in [1.807, 2.05) is 6.08 Å². The zero-order valence-corrected chi connectivity index (χ0v) is 10.9. The number of alkyl halides is 7. The van der Waals surface area contributed by atoms with E-state index >= 15 is 0 Å². The minimum atomic E-state index is -6.50. The molecular weight excluding hydrogens is 307 g/mol. The summed E-state index contributed by atoms with van der Waals surface area (Å²) < 4.78 is 86.8. The van der Waals surface area contributed by atoms with E-state index in [-0.39, 0.29) is 6.42 Å². The number of amides is 1. The highest BCUT2D eigenvalue weighted by molar-refractivity contribution is 5.84. The topological polar surface area (TPSA) is 29.1 Å². The van der Waals surface area contributed by atoms with Crippen molar-refractivity contribution in [2.24, 2.45) is 0 Å². The van der Waals surface area contributed by atoms with Crippen LogP contribution in [0.1, 0.15) is 32.1 Å². The number of halogens is 7. The molecule has 0 spiro atoms. The van der Waals surface area contributed by atoms with Crippen LogP contribution in [0.25, 0.3) is 0 Å². The van der Waals surface area contributed by atoms with E-state index in [1.54, 1.807) is 0 Å². The fourth-order valence-electron chi connectivity index (χ4n) is 1.90. The summed E-state index contributed by atoms with van der Waals surface area (Å²) in [5.41, 5.74) is 0.868. The highest BCUT2D eigenvalue weighted by Crippen LogP contribution is 2.46. The van der Waals surface area contributed by atoms with Gasteiger partial charge >= 0.3 is 18.0 Å². The SMILES string of the molecule is O=C(NCCC1=CCCCC1)C(F)(F)C(F)(F)C(F)(F)F. The van der Waals surface area contributed by atoms with E-state index in [1.165, 1.54) is 5.32 Å². The van der Waals surface area contributed by atoms with Crippen LogP contribution >= 0.6 is 0 Å². The Bertz CT molecular complexity index is 414. The van der Waals surface area contributed by atoms with Crippen molar-refractivity contribution in [3.8, 4) is 0 Å². The molecule has 0 aromatic rings. The second kappa shape index (κ2) is 6.23. The second-order valence-corrected chi connectivity index (χ2v) is 4.76. The van der Waals surface area contributed by atoms with Crippen LogP contribution in [0.3, 0.4) is 0 Å². The van der Waals surface area contributed by atoms with Crippen molar-refractivity contribution >= 4 is 5.91 Å². The third kappa shape index (κ3) is 3.88. The summed E-state index contributed by atoms with van der Waals surface area (Å²) in [5.74, 6) is -14.9. The van der Waals surface area contributed by atoms with Crippen molar-refractivity contribution < 1.29 is 35.5 Å². The fourth-order valence-corrected chi connectivity index (χ4v) is 1.90. The van der Waals surface area contributed by atoms with Crippen LogP contribution in [0, 0.1) is 0 Å². The molecule has 1 N–H and O–H groups in total. The number of allylic oxidation sites excluding steroid dienone is 1. The Kier molecular flexibility index (Phi) is 5.27. The summed E-state index contributed by atoms with van der Waals surface area (Å²) in [5, 5.41) is 1.44. The minimum Gasteiger partial charge on any atom is -0.350 e. The van der Waals surface area contributed by atoms with Crippen LogP contribution in [-0.4, -0.2) is 30.5 Å². The lowest BCUT2D eigenvalue weighted by atomic mass is 9.97. The molecule has 0 aromatic heterocycles. The molecule has 0 bridgehead atoms. The average Bonchev–Trinajstić information content (AvgIpc) is 2.38. The standard InChI is InChI=1S/C12H14F7NO/c13-10(14,11(15,16)12(17,18)19)9(21)20-7-6-8-4-2-1-3-5-8/h4H,1-3,5-7H2,(H,20,21). The molecule has 0 fully saturated rings. The quantitative estimate of drug-likeness (QED) is 0.605. The molecule has 1 aliphatic carbocycles. The number of carbonyl (C=O) groups excluding carboxylic acids is 1. The van der Waals surface area contributed by atoms with Crippen molar-refractivity contribution in [1.82, 2.24) is 5.32 Å². The molecule has 9 heteroatoms. The number of rotatable bonds is 5. The summed E-state index contributed by atoms with van der Waals surface area (Å²) in [4.78, 5) is 10.9. The van der Waals surface area contributed by atoms with Gasteiger partial charge in [0.1, 0.15) is 0 Å². The van der Waals surface area contributed by atoms with Crippen molar-refractivity contribution in [2.75, 3.05) is 6.54 Å². The Labute approximate surface area is 116 Å². The third-order valence-corrected chi connectivity index (χ3v) is 3.15. The van der Waals surface area contributed by atoms with E-state index in [0.29, 0.717) is 6.42 Å². The fraction of sp³-hybridized carbons (Fsp3) is 0.750. The van der Waals surface area contributed by atoms with Crippen molar-refractivity contribution in [2.45, 2.75) is 50.1 Å².